The normalized spacial score (nSPS) is 15.8. The van der Waals surface area contributed by atoms with Crippen LogP contribution in [0.25, 0.3) is 10.6 Å². The van der Waals surface area contributed by atoms with E-state index in [1.807, 2.05) is 62.4 Å². The minimum Gasteiger partial charge on any atom is -0.312 e. The number of carbonyl (C=O) groups is 2. The minimum absolute atomic E-state index is 0.237. The van der Waals surface area contributed by atoms with Crippen molar-refractivity contribution in [3.8, 4) is 10.6 Å². The largest absolute Gasteiger partial charge is 0.322 e. The zero-order chi connectivity index (χ0) is 21.1. The first kappa shape index (κ1) is 20.0. The fourth-order valence-corrected chi connectivity index (χ4v) is 4.30. The van der Waals surface area contributed by atoms with Crippen LogP contribution >= 0.6 is 11.3 Å². The number of amides is 3. The molecule has 0 bridgehead atoms. The highest BCUT2D eigenvalue weighted by Gasteiger charge is 2.34. The Balaban J connectivity index is 1.42. The molecule has 1 saturated heterocycles. The maximum absolute atomic E-state index is 12.8. The van der Waals surface area contributed by atoms with Gasteiger partial charge in [-0.2, -0.15) is 0 Å². The third-order valence-corrected chi connectivity index (χ3v) is 5.89. The molecule has 4 rings (SSSR count). The van der Waals surface area contributed by atoms with E-state index in [0.29, 0.717) is 18.1 Å². The number of urea groups is 1. The Labute approximate surface area is 179 Å². The Morgan fingerprint density at radius 3 is 2.57 bits per heavy atom. The topological polar surface area (TPSA) is 87.2 Å². The number of nitrogens with one attached hydrogen (secondary N) is 2. The van der Waals surface area contributed by atoms with Crippen LogP contribution in [0.3, 0.4) is 0 Å². The van der Waals surface area contributed by atoms with Gasteiger partial charge in [0, 0.05) is 17.8 Å². The Bertz CT molecular complexity index is 1080. The van der Waals surface area contributed by atoms with Gasteiger partial charge in [0.05, 0.1) is 0 Å². The molecular formula is C22H23N5O2S. The van der Waals surface area contributed by atoms with Crippen LogP contribution in [0.15, 0.2) is 48.5 Å². The summed E-state index contributed by atoms with van der Waals surface area (Å²) in [5.41, 5.74) is 3.88. The number of anilines is 2. The lowest BCUT2D eigenvalue weighted by Gasteiger charge is -2.23. The van der Waals surface area contributed by atoms with Crippen molar-refractivity contribution in [3.05, 3.63) is 59.7 Å². The predicted molar refractivity (Wildman–Crippen MR) is 119 cm³/mol. The highest BCUT2D eigenvalue weighted by molar-refractivity contribution is 7.18. The van der Waals surface area contributed by atoms with Crippen LogP contribution in [-0.4, -0.2) is 39.6 Å². The van der Waals surface area contributed by atoms with E-state index in [9.17, 15) is 9.59 Å². The van der Waals surface area contributed by atoms with Crippen molar-refractivity contribution in [3.63, 3.8) is 0 Å². The van der Waals surface area contributed by atoms with Crippen LogP contribution in [0.5, 0.6) is 0 Å². The third kappa shape index (κ3) is 4.49. The molecule has 2 N–H and O–H groups in total. The molecule has 0 spiro atoms. The Morgan fingerprint density at radius 1 is 1.03 bits per heavy atom. The fraction of sp³-hybridized carbons (Fsp3) is 0.273. The van der Waals surface area contributed by atoms with Crippen LogP contribution in [0.2, 0.25) is 0 Å². The molecule has 0 radical (unpaired) electrons. The van der Waals surface area contributed by atoms with Crippen molar-refractivity contribution in [2.24, 2.45) is 0 Å². The number of aryl methyl sites for hydroxylation is 2. The molecule has 0 saturated carbocycles. The number of likely N-dealkylation sites (tertiary alicyclic amines) is 1. The van der Waals surface area contributed by atoms with Crippen molar-refractivity contribution in [2.75, 3.05) is 17.2 Å². The summed E-state index contributed by atoms with van der Waals surface area (Å²) in [5.74, 6) is -0.237. The van der Waals surface area contributed by atoms with E-state index in [1.165, 1.54) is 11.3 Å². The van der Waals surface area contributed by atoms with Gasteiger partial charge in [-0.15, -0.1) is 10.2 Å². The molecule has 1 unspecified atom stereocenters. The smallest absolute Gasteiger partial charge is 0.312 e. The SMILES string of the molecule is Cc1cccc(NC(=O)N2CCCC2C(=O)Nc2nnc(-c3cccc(C)c3)s2)c1. The molecule has 154 valence electrons. The number of rotatable bonds is 4. The van der Waals surface area contributed by atoms with Crippen LogP contribution in [0.4, 0.5) is 15.6 Å². The van der Waals surface area contributed by atoms with Crippen LogP contribution in [0.1, 0.15) is 24.0 Å². The first-order chi connectivity index (χ1) is 14.5. The van der Waals surface area contributed by atoms with Crippen molar-refractivity contribution < 1.29 is 9.59 Å². The molecule has 3 amide bonds. The Kier molecular flexibility index (Phi) is 5.76. The van der Waals surface area contributed by atoms with Gasteiger partial charge in [-0.3, -0.25) is 10.1 Å². The molecule has 0 aliphatic carbocycles. The molecule has 30 heavy (non-hydrogen) atoms. The van der Waals surface area contributed by atoms with E-state index in [2.05, 4.69) is 20.8 Å². The molecule has 8 heteroatoms. The van der Waals surface area contributed by atoms with E-state index in [0.717, 1.165) is 33.8 Å². The van der Waals surface area contributed by atoms with E-state index in [-0.39, 0.29) is 11.9 Å². The highest BCUT2D eigenvalue weighted by atomic mass is 32.1. The fourth-order valence-electron chi connectivity index (χ4n) is 3.56. The molecule has 1 atom stereocenters. The van der Waals surface area contributed by atoms with E-state index < -0.39 is 6.04 Å². The summed E-state index contributed by atoms with van der Waals surface area (Å²) >= 11 is 1.32. The van der Waals surface area contributed by atoms with Gasteiger partial charge in [-0.05, 0) is 50.5 Å². The van der Waals surface area contributed by atoms with Gasteiger partial charge in [0.2, 0.25) is 11.0 Å². The number of nitrogens with zero attached hydrogens (tertiary/aromatic N) is 3. The molecule has 1 aliphatic rings. The average molecular weight is 422 g/mol. The van der Waals surface area contributed by atoms with E-state index >= 15 is 0 Å². The molecule has 2 heterocycles. The Hall–Kier alpha value is -3.26. The van der Waals surface area contributed by atoms with Gasteiger partial charge in [-0.1, -0.05) is 47.2 Å². The van der Waals surface area contributed by atoms with Gasteiger partial charge < -0.3 is 10.2 Å². The summed E-state index contributed by atoms with van der Waals surface area (Å²) in [5, 5.41) is 15.2. The van der Waals surface area contributed by atoms with Crippen LogP contribution in [-0.2, 0) is 4.79 Å². The number of aromatic nitrogens is 2. The quantitative estimate of drug-likeness (QED) is 0.651. The molecule has 7 nitrogen and oxygen atoms in total. The summed E-state index contributed by atoms with van der Waals surface area (Å²) in [7, 11) is 0. The summed E-state index contributed by atoms with van der Waals surface area (Å²) < 4.78 is 0. The zero-order valence-corrected chi connectivity index (χ0v) is 17.7. The third-order valence-electron chi connectivity index (χ3n) is 5.01. The maximum atomic E-state index is 12.8. The summed E-state index contributed by atoms with van der Waals surface area (Å²) in [6.07, 6.45) is 1.40. The maximum Gasteiger partial charge on any atom is 0.322 e. The summed E-state index contributed by atoms with van der Waals surface area (Å²) in [4.78, 5) is 27.1. The second kappa shape index (κ2) is 8.62. The highest BCUT2D eigenvalue weighted by Crippen LogP contribution is 2.28. The summed E-state index contributed by atoms with van der Waals surface area (Å²) in [6, 6.07) is 14.8. The van der Waals surface area contributed by atoms with Gasteiger partial charge in [0.1, 0.15) is 11.0 Å². The molecule has 1 aliphatic heterocycles. The zero-order valence-electron chi connectivity index (χ0n) is 16.9. The monoisotopic (exact) mass is 421 g/mol. The lowest BCUT2D eigenvalue weighted by Crippen LogP contribution is -2.45. The Morgan fingerprint density at radius 2 is 1.80 bits per heavy atom. The van der Waals surface area contributed by atoms with Gasteiger partial charge in [-0.25, -0.2) is 4.79 Å². The van der Waals surface area contributed by atoms with Gasteiger partial charge >= 0.3 is 6.03 Å². The number of hydrogen-bond donors (Lipinski definition) is 2. The average Bonchev–Trinajstić information content (AvgIpc) is 3.38. The van der Waals surface area contributed by atoms with Crippen molar-refractivity contribution in [1.82, 2.24) is 15.1 Å². The molecule has 2 aromatic carbocycles. The first-order valence-electron chi connectivity index (χ1n) is 9.85. The lowest BCUT2D eigenvalue weighted by atomic mass is 10.1. The van der Waals surface area contributed by atoms with E-state index in [4.69, 9.17) is 0 Å². The van der Waals surface area contributed by atoms with Gasteiger partial charge in [0.25, 0.3) is 0 Å². The predicted octanol–water partition coefficient (Wildman–Crippen LogP) is 4.46. The van der Waals surface area contributed by atoms with Crippen LogP contribution in [0, 0.1) is 13.8 Å². The van der Waals surface area contributed by atoms with Gasteiger partial charge in [0.15, 0.2) is 0 Å². The first-order valence-corrected chi connectivity index (χ1v) is 10.7. The van der Waals surface area contributed by atoms with E-state index in [1.54, 1.807) is 4.90 Å². The van der Waals surface area contributed by atoms with Crippen molar-refractivity contribution >= 4 is 34.1 Å². The molecule has 1 aromatic heterocycles. The van der Waals surface area contributed by atoms with Crippen molar-refractivity contribution in [1.29, 1.82) is 0 Å². The number of hydrogen-bond acceptors (Lipinski definition) is 5. The standard InChI is InChI=1S/C22H23N5O2S/c1-14-6-3-8-16(12-14)20-25-26-21(30-20)24-19(28)18-10-5-11-27(18)22(29)23-17-9-4-7-15(2)13-17/h3-4,6-9,12-13,18H,5,10-11H2,1-2H3,(H,23,29)(H,24,26,28). The second-order valence-corrected chi connectivity index (χ2v) is 8.40. The lowest BCUT2D eigenvalue weighted by molar-refractivity contribution is -0.119. The second-order valence-electron chi connectivity index (χ2n) is 7.42. The molecular weight excluding hydrogens is 398 g/mol. The summed E-state index contributed by atoms with van der Waals surface area (Å²) in [6.45, 7) is 4.53. The van der Waals surface area contributed by atoms with Crippen LogP contribution < -0.4 is 10.6 Å². The number of benzene rings is 2. The molecule has 1 fully saturated rings. The number of carbonyl (C=O) groups excluding carboxylic acids is 2. The molecule has 3 aromatic rings. The van der Waals surface area contributed by atoms with Crippen molar-refractivity contribution in [2.45, 2.75) is 32.7 Å². The minimum atomic E-state index is -0.527.